The van der Waals surface area contributed by atoms with Gasteiger partial charge in [0.05, 0.1) is 16.5 Å². The summed E-state index contributed by atoms with van der Waals surface area (Å²) in [6.45, 7) is 0.239. The van der Waals surface area contributed by atoms with E-state index in [9.17, 15) is 14.0 Å². The molecule has 0 fully saturated rings. The van der Waals surface area contributed by atoms with Crippen molar-refractivity contribution in [2.75, 3.05) is 0 Å². The molecule has 0 radical (unpaired) electrons. The van der Waals surface area contributed by atoms with Gasteiger partial charge in [0.2, 0.25) is 5.82 Å². The van der Waals surface area contributed by atoms with Crippen LogP contribution < -0.4 is 11.2 Å². The summed E-state index contributed by atoms with van der Waals surface area (Å²) in [5.74, 6) is -0.963. The topological polar surface area (TPSA) is 54.9 Å². The average Bonchev–Trinajstić information content (AvgIpc) is 2.60. The maximum atomic E-state index is 13.0. The van der Waals surface area contributed by atoms with E-state index in [1.54, 1.807) is 0 Å². The lowest BCUT2D eigenvalue weighted by Gasteiger charge is -2.01. The highest BCUT2D eigenvalue weighted by atomic mass is 79.9. The van der Waals surface area contributed by atoms with E-state index in [1.165, 1.54) is 11.3 Å². The van der Waals surface area contributed by atoms with Gasteiger partial charge >= 0.3 is 5.69 Å². The quantitative estimate of drug-likeness (QED) is 0.915. The Kier molecular flexibility index (Phi) is 3.06. The average molecular weight is 305 g/mol. The number of hydrogen-bond acceptors (Lipinski definition) is 3. The van der Waals surface area contributed by atoms with Crippen LogP contribution in [0.4, 0.5) is 4.39 Å². The Morgan fingerprint density at radius 3 is 2.81 bits per heavy atom. The highest BCUT2D eigenvalue weighted by molar-refractivity contribution is 9.11. The minimum absolute atomic E-state index is 0.239. The summed E-state index contributed by atoms with van der Waals surface area (Å²) in [5, 5.41) is 0. The van der Waals surface area contributed by atoms with Gasteiger partial charge in [-0.2, -0.15) is 4.39 Å². The molecule has 0 saturated carbocycles. The van der Waals surface area contributed by atoms with E-state index >= 15 is 0 Å². The van der Waals surface area contributed by atoms with Gasteiger partial charge in [0.15, 0.2) is 0 Å². The van der Waals surface area contributed by atoms with E-state index in [2.05, 4.69) is 15.9 Å². The molecule has 0 spiro atoms. The highest BCUT2D eigenvalue weighted by Crippen LogP contribution is 2.22. The molecule has 0 aromatic carbocycles. The van der Waals surface area contributed by atoms with E-state index in [0.717, 1.165) is 19.4 Å². The van der Waals surface area contributed by atoms with Crippen molar-refractivity contribution in [3.8, 4) is 0 Å². The summed E-state index contributed by atoms with van der Waals surface area (Å²) < 4.78 is 15.0. The van der Waals surface area contributed by atoms with Gasteiger partial charge in [0, 0.05) is 4.88 Å². The largest absolute Gasteiger partial charge is 0.328 e. The fraction of sp³-hybridized carbons (Fsp3) is 0.111. The summed E-state index contributed by atoms with van der Waals surface area (Å²) in [6.07, 6.45) is 0.911. The second kappa shape index (κ2) is 4.34. The molecule has 0 aliphatic carbocycles. The molecule has 2 heterocycles. The van der Waals surface area contributed by atoms with Crippen LogP contribution in [0, 0.1) is 5.82 Å². The first-order valence-electron chi connectivity index (χ1n) is 4.30. The zero-order valence-electron chi connectivity index (χ0n) is 7.87. The van der Waals surface area contributed by atoms with Crippen LogP contribution in [-0.4, -0.2) is 9.55 Å². The van der Waals surface area contributed by atoms with Gasteiger partial charge in [-0.25, -0.2) is 4.79 Å². The first kappa shape index (κ1) is 11.3. The van der Waals surface area contributed by atoms with E-state index in [1.807, 2.05) is 17.1 Å². The second-order valence-electron chi connectivity index (χ2n) is 3.07. The highest BCUT2D eigenvalue weighted by Gasteiger charge is 2.05. The SMILES string of the molecule is O=c1[nH]c(=O)n(Cc2ccc(Br)s2)cc1F. The van der Waals surface area contributed by atoms with Crippen molar-refractivity contribution < 1.29 is 4.39 Å². The smallest absolute Gasteiger partial charge is 0.292 e. The van der Waals surface area contributed by atoms with Crippen molar-refractivity contribution in [1.29, 1.82) is 0 Å². The fourth-order valence-electron chi connectivity index (χ4n) is 1.20. The van der Waals surface area contributed by atoms with E-state index in [-0.39, 0.29) is 6.54 Å². The molecule has 0 aliphatic heterocycles. The van der Waals surface area contributed by atoms with Crippen molar-refractivity contribution in [2.45, 2.75) is 6.54 Å². The zero-order chi connectivity index (χ0) is 11.7. The summed E-state index contributed by atoms with van der Waals surface area (Å²) in [7, 11) is 0. The lowest BCUT2D eigenvalue weighted by atomic mass is 10.4. The normalized spacial score (nSPS) is 10.6. The van der Waals surface area contributed by atoms with Crippen LogP contribution in [0.1, 0.15) is 4.88 Å². The van der Waals surface area contributed by atoms with Crippen LogP contribution in [0.15, 0.2) is 31.7 Å². The number of aromatic amines is 1. The molecule has 7 heteroatoms. The van der Waals surface area contributed by atoms with Crippen LogP contribution in [-0.2, 0) is 6.54 Å². The first-order chi connectivity index (χ1) is 7.56. The molecule has 0 aliphatic rings. The van der Waals surface area contributed by atoms with E-state index in [4.69, 9.17) is 0 Å². The standard InChI is InChI=1S/C9H6BrFN2O2S/c10-7-2-1-5(16-7)3-13-4-6(11)8(14)12-9(13)15/h1-2,4H,3H2,(H,12,14,15). The number of thiophene rings is 1. The molecule has 0 saturated heterocycles. The molecule has 0 unspecified atom stereocenters. The Balaban J connectivity index is 2.39. The molecule has 0 amide bonds. The van der Waals surface area contributed by atoms with Gasteiger partial charge in [0.25, 0.3) is 5.56 Å². The third kappa shape index (κ3) is 2.30. The van der Waals surface area contributed by atoms with Gasteiger partial charge in [-0.3, -0.25) is 14.3 Å². The third-order valence-electron chi connectivity index (χ3n) is 1.92. The lowest BCUT2D eigenvalue weighted by molar-refractivity contribution is 0.567. The predicted octanol–water partition coefficient (Wildman–Crippen LogP) is 1.55. The fourth-order valence-corrected chi connectivity index (χ4v) is 2.69. The molecule has 1 N–H and O–H groups in total. The number of nitrogens with zero attached hydrogens (tertiary/aromatic N) is 1. The summed E-state index contributed by atoms with van der Waals surface area (Å²) in [4.78, 5) is 24.9. The molecule has 84 valence electrons. The number of halogens is 2. The number of rotatable bonds is 2. The Hall–Kier alpha value is -1.21. The molecule has 2 aromatic heterocycles. The first-order valence-corrected chi connectivity index (χ1v) is 5.90. The van der Waals surface area contributed by atoms with Crippen LogP contribution in [0.2, 0.25) is 0 Å². The predicted molar refractivity (Wildman–Crippen MR) is 62.4 cm³/mol. The summed E-state index contributed by atoms with van der Waals surface area (Å²) in [5.41, 5.74) is -1.61. The van der Waals surface area contributed by atoms with Crippen molar-refractivity contribution in [1.82, 2.24) is 9.55 Å². The Bertz CT molecular complexity index is 631. The van der Waals surface area contributed by atoms with E-state index < -0.39 is 17.1 Å². The zero-order valence-corrected chi connectivity index (χ0v) is 10.3. The number of H-pyrrole nitrogens is 1. The Morgan fingerprint density at radius 1 is 1.44 bits per heavy atom. The number of nitrogens with one attached hydrogen (secondary N) is 1. The van der Waals surface area contributed by atoms with Gasteiger partial charge < -0.3 is 0 Å². The minimum Gasteiger partial charge on any atom is -0.292 e. The molecule has 2 rings (SSSR count). The van der Waals surface area contributed by atoms with Gasteiger partial charge in [-0.15, -0.1) is 11.3 Å². The minimum atomic E-state index is -0.992. The molecule has 2 aromatic rings. The maximum Gasteiger partial charge on any atom is 0.328 e. The number of hydrogen-bond donors (Lipinski definition) is 1. The third-order valence-corrected chi connectivity index (χ3v) is 3.53. The molecule has 4 nitrogen and oxygen atoms in total. The number of aromatic nitrogens is 2. The van der Waals surface area contributed by atoms with Crippen molar-refractivity contribution >= 4 is 27.3 Å². The second-order valence-corrected chi connectivity index (χ2v) is 5.62. The maximum absolute atomic E-state index is 13.0. The van der Waals surface area contributed by atoms with Crippen LogP contribution >= 0.6 is 27.3 Å². The van der Waals surface area contributed by atoms with E-state index in [0.29, 0.717) is 0 Å². The van der Waals surface area contributed by atoms with Gasteiger partial charge in [-0.05, 0) is 28.1 Å². The molecule has 0 atom stereocenters. The summed E-state index contributed by atoms with van der Waals surface area (Å²) >= 11 is 4.73. The van der Waals surface area contributed by atoms with Crippen molar-refractivity contribution in [3.63, 3.8) is 0 Å². The molecule has 0 bridgehead atoms. The van der Waals surface area contributed by atoms with Crippen LogP contribution in [0.5, 0.6) is 0 Å². The molecular formula is C9H6BrFN2O2S. The Morgan fingerprint density at radius 2 is 2.19 bits per heavy atom. The van der Waals surface area contributed by atoms with Gasteiger partial charge in [-0.1, -0.05) is 0 Å². The van der Waals surface area contributed by atoms with Crippen molar-refractivity contribution in [3.05, 3.63) is 53.6 Å². The summed E-state index contributed by atoms with van der Waals surface area (Å²) in [6, 6.07) is 3.66. The lowest BCUT2D eigenvalue weighted by Crippen LogP contribution is -2.31. The monoisotopic (exact) mass is 304 g/mol. The molecular weight excluding hydrogens is 299 g/mol. The Labute approximate surface area is 101 Å². The molecule has 16 heavy (non-hydrogen) atoms. The van der Waals surface area contributed by atoms with Crippen LogP contribution in [0.25, 0.3) is 0 Å². The van der Waals surface area contributed by atoms with Crippen molar-refractivity contribution in [2.24, 2.45) is 0 Å². The van der Waals surface area contributed by atoms with Crippen LogP contribution in [0.3, 0.4) is 0 Å². The van der Waals surface area contributed by atoms with Gasteiger partial charge in [0.1, 0.15) is 0 Å².